The fraction of sp³-hybridized carbons (Fsp3) is 0.294. The van der Waals surface area contributed by atoms with Crippen LogP contribution in [0.1, 0.15) is 29.7 Å². The Kier molecular flexibility index (Phi) is 4.04. The molecule has 1 aliphatic rings. The molecule has 1 aliphatic heterocycles. The summed E-state index contributed by atoms with van der Waals surface area (Å²) in [4.78, 5) is 0. The first-order valence-electron chi connectivity index (χ1n) is 7.01. The molecule has 3 rings (SSSR count). The van der Waals surface area contributed by atoms with Gasteiger partial charge >= 0.3 is 0 Å². The second-order valence-electron chi connectivity index (χ2n) is 5.32. The first-order valence-corrected chi connectivity index (χ1v) is 7.39. The van der Waals surface area contributed by atoms with Crippen LogP contribution in [0.2, 0.25) is 5.02 Å². The van der Waals surface area contributed by atoms with E-state index in [-0.39, 0.29) is 12.8 Å². The van der Waals surface area contributed by atoms with Crippen molar-refractivity contribution in [1.29, 1.82) is 0 Å². The van der Waals surface area contributed by atoms with Gasteiger partial charge in [-0.2, -0.15) is 0 Å². The highest BCUT2D eigenvalue weighted by Gasteiger charge is 2.18. The molecule has 0 amide bonds. The topological polar surface area (TPSA) is 30.5 Å². The summed E-state index contributed by atoms with van der Waals surface area (Å²) in [6, 6.07) is 12.7. The van der Waals surface area contributed by atoms with Crippen molar-refractivity contribution >= 4 is 11.6 Å². The fourth-order valence-corrected chi connectivity index (χ4v) is 2.65. The summed E-state index contributed by atoms with van der Waals surface area (Å²) < 4.78 is 10.7. The van der Waals surface area contributed by atoms with Crippen molar-refractivity contribution in [3.05, 3.63) is 58.1 Å². The first-order chi connectivity index (χ1) is 10.1. The number of nitrogens with one attached hydrogen (secondary N) is 1. The van der Waals surface area contributed by atoms with Crippen molar-refractivity contribution in [1.82, 2.24) is 5.32 Å². The Hall–Kier alpha value is -1.71. The molecule has 0 unspecified atom stereocenters. The summed E-state index contributed by atoms with van der Waals surface area (Å²) >= 11 is 6.19. The lowest BCUT2D eigenvalue weighted by atomic mass is 10.1. The Labute approximate surface area is 129 Å². The van der Waals surface area contributed by atoms with Crippen molar-refractivity contribution < 1.29 is 9.47 Å². The molecule has 0 aliphatic carbocycles. The van der Waals surface area contributed by atoms with Crippen molar-refractivity contribution in [2.45, 2.75) is 26.4 Å². The Morgan fingerprint density at radius 2 is 1.95 bits per heavy atom. The van der Waals surface area contributed by atoms with Crippen molar-refractivity contribution in [2.75, 3.05) is 6.79 Å². The van der Waals surface area contributed by atoms with Gasteiger partial charge in [-0.15, -0.1) is 0 Å². The van der Waals surface area contributed by atoms with Gasteiger partial charge in [-0.1, -0.05) is 41.4 Å². The number of benzene rings is 2. The van der Waals surface area contributed by atoms with Crippen LogP contribution in [-0.2, 0) is 6.54 Å². The molecular formula is C17H18ClNO2. The van der Waals surface area contributed by atoms with Crippen LogP contribution < -0.4 is 14.8 Å². The summed E-state index contributed by atoms with van der Waals surface area (Å²) in [5, 5.41) is 4.10. The summed E-state index contributed by atoms with van der Waals surface area (Å²) in [6.45, 7) is 5.22. The lowest BCUT2D eigenvalue weighted by Crippen LogP contribution is -2.18. The highest BCUT2D eigenvalue weighted by Crippen LogP contribution is 2.39. The molecule has 0 saturated heterocycles. The van der Waals surface area contributed by atoms with E-state index in [1.165, 1.54) is 11.1 Å². The molecule has 1 heterocycles. The van der Waals surface area contributed by atoms with E-state index in [1.54, 1.807) is 0 Å². The molecule has 0 bridgehead atoms. The minimum Gasteiger partial charge on any atom is -0.454 e. The van der Waals surface area contributed by atoms with Crippen LogP contribution in [0.15, 0.2) is 36.4 Å². The average molecular weight is 304 g/mol. The maximum absolute atomic E-state index is 6.19. The van der Waals surface area contributed by atoms with Crippen molar-refractivity contribution in [3.63, 3.8) is 0 Å². The smallest absolute Gasteiger partial charge is 0.231 e. The van der Waals surface area contributed by atoms with Crippen molar-refractivity contribution in [2.24, 2.45) is 0 Å². The van der Waals surface area contributed by atoms with E-state index in [4.69, 9.17) is 21.1 Å². The summed E-state index contributed by atoms with van der Waals surface area (Å²) in [5.74, 6) is 1.37. The quantitative estimate of drug-likeness (QED) is 0.917. The highest BCUT2D eigenvalue weighted by atomic mass is 35.5. The molecule has 1 atom stereocenters. The minimum absolute atomic E-state index is 0.242. The molecule has 0 radical (unpaired) electrons. The fourth-order valence-electron chi connectivity index (χ4n) is 2.37. The molecule has 0 aromatic heterocycles. The van der Waals surface area contributed by atoms with Gasteiger partial charge in [-0.3, -0.25) is 0 Å². The third kappa shape index (κ3) is 3.14. The zero-order chi connectivity index (χ0) is 14.8. The van der Waals surface area contributed by atoms with Gasteiger partial charge in [0, 0.05) is 12.6 Å². The van der Waals surface area contributed by atoms with Crippen LogP contribution >= 0.6 is 11.6 Å². The molecule has 0 fully saturated rings. The second-order valence-corrected chi connectivity index (χ2v) is 5.73. The number of rotatable bonds is 4. The van der Waals surface area contributed by atoms with Gasteiger partial charge in [0.25, 0.3) is 0 Å². The van der Waals surface area contributed by atoms with E-state index >= 15 is 0 Å². The van der Waals surface area contributed by atoms with E-state index in [2.05, 4.69) is 43.4 Å². The highest BCUT2D eigenvalue weighted by molar-refractivity contribution is 6.32. The number of fused-ring (bicyclic) bond motifs is 1. The van der Waals surface area contributed by atoms with E-state index in [9.17, 15) is 0 Å². The Bertz CT molecular complexity index is 640. The van der Waals surface area contributed by atoms with Gasteiger partial charge in [0.15, 0.2) is 11.5 Å². The van der Waals surface area contributed by atoms with Gasteiger partial charge in [0.05, 0.1) is 5.02 Å². The standard InChI is InChI=1S/C17H18ClNO2/c1-11-3-5-14(6-4-11)12(2)19-9-13-7-15(18)17-16(8-13)20-10-21-17/h3-8,12,19H,9-10H2,1-2H3/t12-/m0/s1. The number of hydrogen-bond donors (Lipinski definition) is 1. The van der Waals surface area contributed by atoms with Gasteiger partial charge in [0.1, 0.15) is 0 Å². The van der Waals surface area contributed by atoms with Crippen LogP contribution in [0.3, 0.4) is 0 Å². The van der Waals surface area contributed by atoms with Gasteiger partial charge in [-0.25, -0.2) is 0 Å². The molecular weight excluding hydrogens is 286 g/mol. The maximum atomic E-state index is 6.19. The van der Waals surface area contributed by atoms with Crippen LogP contribution in [0, 0.1) is 6.92 Å². The number of aryl methyl sites for hydroxylation is 1. The van der Waals surface area contributed by atoms with Gasteiger partial charge in [-0.05, 0) is 37.1 Å². The predicted molar refractivity (Wildman–Crippen MR) is 84.0 cm³/mol. The maximum Gasteiger partial charge on any atom is 0.231 e. The van der Waals surface area contributed by atoms with Crippen LogP contribution in [0.4, 0.5) is 0 Å². The monoisotopic (exact) mass is 303 g/mol. The molecule has 2 aromatic carbocycles. The first kappa shape index (κ1) is 14.2. The summed E-state index contributed by atoms with van der Waals surface area (Å²) in [6.07, 6.45) is 0. The third-order valence-corrected chi connectivity index (χ3v) is 3.96. The molecule has 21 heavy (non-hydrogen) atoms. The lowest BCUT2D eigenvalue weighted by molar-refractivity contribution is 0.174. The molecule has 3 nitrogen and oxygen atoms in total. The summed E-state index contributed by atoms with van der Waals surface area (Å²) in [7, 11) is 0. The van der Waals surface area contributed by atoms with Gasteiger partial charge < -0.3 is 14.8 Å². The van der Waals surface area contributed by atoms with Crippen molar-refractivity contribution in [3.8, 4) is 11.5 Å². The lowest BCUT2D eigenvalue weighted by Gasteiger charge is -2.15. The van der Waals surface area contributed by atoms with Crippen LogP contribution in [0.5, 0.6) is 11.5 Å². The zero-order valence-electron chi connectivity index (χ0n) is 12.2. The third-order valence-electron chi connectivity index (χ3n) is 3.68. The molecule has 4 heteroatoms. The zero-order valence-corrected chi connectivity index (χ0v) is 12.9. The normalized spacial score (nSPS) is 14.2. The summed E-state index contributed by atoms with van der Waals surface area (Å²) in [5.41, 5.74) is 3.63. The average Bonchev–Trinajstić information content (AvgIpc) is 2.94. The van der Waals surface area contributed by atoms with E-state index in [0.717, 1.165) is 17.9 Å². The number of halogens is 1. The largest absolute Gasteiger partial charge is 0.454 e. The second kappa shape index (κ2) is 5.96. The van der Waals surface area contributed by atoms with Crippen LogP contribution in [-0.4, -0.2) is 6.79 Å². The molecule has 2 aromatic rings. The van der Waals surface area contributed by atoms with Gasteiger partial charge in [0.2, 0.25) is 6.79 Å². The van der Waals surface area contributed by atoms with E-state index in [0.29, 0.717) is 10.8 Å². The molecule has 110 valence electrons. The Morgan fingerprint density at radius 1 is 1.19 bits per heavy atom. The Morgan fingerprint density at radius 3 is 2.71 bits per heavy atom. The van der Waals surface area contributed by atoms with Crippen LogP contribution in [0.25, 0.3) is 0 Å². The van der Waals surface area contributed by atoms with E-state index < -0.39 is 0 Å². The molecule has 0 saturated carbocycles. The predicted octanol–water partition coefficient (Wildman–Crippen LogP) is 4.23. The molecule has 0 spiro atoms. The van der Waals surface area contributed by atoms with E-state index in [1.807, 2.05) is 12.1 Å². The minimum atomic E-state index is 0.242. The number of ether oxygens (including phenoxy) is 2. The Balaban J connectivity index is 1.67. The SMILES string of the molecule is Cc1ccc([C@H](C)NCc2cc(Cl)c3c(c2)OCO3)cc1. The molecule has 1 N–H and O–H groups in total. The number of hydrogen-bond acceptors (Lipinski definition) is 3.